The zero-order valence-electron chi connectivity index (χ0n) is 11.6. The van der Waals surface area contributed by atoms with Gasteiger partial charge in [-0.05, 0) is 37.5 Å². The van der Waals surface area contributed by atoms with Crippen LogP contribution in [0.4, 0.5) is 0 Å². The van der Waals surface area contributed by atoms with Crippen LogP contribution in [0.3, 0.4) is 0 Å². The van der Waals surface area contributed by atoms with Crippen LogP contribution in [0.15, 0.2) is 18.2 Å². The first-order valence-electron chi connectivity index (χ1n) is 7.20. The predicted molar refractivity (Wildman–Crippen MR) is 80.9 cm³/mol. The number of nitrogens with zero attached hydrogens (tertiary/aromatic N) is 3. The fourth-order valence-corrected chi connectivity index (χ4v) is 3.08. The van der Waals surface area contributed by atoms with Crippen molar-refractivity contribution in [3.05, 3.63) is 29.6 Å². The molecule has 1 aliphatic carbocycles. The maximum atomic E-state index is 9.09. The van der Waals surface area contributed by atoms with E-state index in [1.807, 2.05) is 18.2 Å². The Kier molecular flexibility index (Phi) is 3.67. The third kappa shape index (κ3) is 2.53. The number of nitriles is 1. The summed E-state index contributed by atoms with van der Waals surface area (Å²) >= 11 is 5.91. The van der Waals surface area contributed by atoms with Gasteiger partial charge in [0, 0.05) is 18.3 Å². The number of imidazole rings is 1. The molecule has 1 saturated carbocycles. The van der Waals surface area contributed by atoms with Gasteiger partial charge in [-0.25, -0.2) is 4.98 Å². The second-order valence-corrected chi connectivity index (χ2v) is 6.06. The lowest BCUT2D eigenvalue weighted by atomic mass is 10.1. The SMILES string of the molecule is CC(CC1CC1)n1c(CCCl)nc2ccc(C#N)cc21. The minimum atomic E-state index is 0.416. The quantitative estimate of drug-likeness (QED) is 0.779. The van der Waals surface area contributed by atoms with Gasteiger partial charge in [-0.3, -0.25) is 0 Å². The lowest BCUT2D eigenvalue weighted by Crippen LogP contribution is -2.10. The minimum absolute atomic E-state index is 0.416. The molecule has 1 aromatic heterocycles. The molecule has 3 rings (SSSR count). The van der Waals surface area contributed by atoms with E-state index in [0.29, 0.717) is 17.5 Å². The first-order valence-corrected chi connectivity index (χ1v) is 7.73. The Morgan fingerprint density at radius 1 is 1.50 bits per heavy atom. The van der Waals surface area contributed by atoms with Crippen LogP contribution in [0, 0.1) is 17.2 Å². The molecule has 1 atom stereocenters. The van der Waals surface area contributed by atoms with Gasteiger partial charge in [-0.1, -0.05) is 12.8 Å². The fraction of sp³-hybridized carbons (Fsp3) is 0.500. The highest BCUT2D eigenvalue weighted by Gasteiger charge is 2.26. The van der Waals surface area contributed by atoms with Crippen molar-refractivity contribution >= 4 is 22.6 Å². The Labute approximate surface area is 124 Å². The molecule has 0 spiro atoms. The van der Waals surface area contributed by atoms with Gasteiger partial charge in [0.1, 0.15) is 5.82 Å². The number of fused-ring (bicyclic) bond motifs is 1. The number of aryl methyl sites for hydroxylation is 1. The molecule has 1 fully saturated rings. The number of aromatic nitrogens is 2. The molecule has 0 N–H and O–H groups in total. The third-order valence-electron chi connectivity index (χ3n) is 4.02. The van der Waals surface area contributed by atoms with Gasteiger partial charge in [0.15, 0.2) is 0 Å². The molecular formula is C16H18ClN3. The second kappa shape index (κ2) is 5.46. The van der Waals surface area contributed by atoms with Gasteiger partial charge in [0.05, 0.1) is 22.7 Å². The van der Waals surface area contributed by atoms with Crippen LogP contribution >= 0.6 is 11.6 Å². The Bertz CT molecular complexity index is 664. The van der Waals surface area contributed by atoms with E-state index in [-0.39, 0.29) is 0 Å². The van der Waals surface area contributed by atoms with Gasteiger partial charge in [-0.15, -0.1) is 11.6 Å². The van der Waals surface area contributed by atoms with Gasteiger partial charge >= 0.3 is 0 Å². The van der Waals surface area contributed by atoms with Crippen LogP contribution < -0.4 is 0 Å². The van der Waals surface area contributed by atoms with Crippen molar-refractivity contribution in [2.75, 3.05) is 5.88 Å². The highest BCUT2D eigenvalue weighted by atomic mass is 35.5. The molecule has 0 bridgehead atoms. The van der Waals surface area contributed by atoms with E-state index in [1.54, 1.807) is 0 Å². The van der Waals surface area contributed by atoms with Crippen LogP contribution in [-0.2, 0) is 6.42 Å². The summed E-state index contributed by atoms with van der Waals surface area (Å²) in [6.45, 7) is 2.25. The lowest BCUT2D eigenvalue weighted by molar-refractivity contribution is 0.473. The molecule has 104 valence electrons. The Morgan fingerprint density at radius 2 is 2.30 bits per heavy atom. The predicted octanol–water partition coefficient (Wildman–Crippen LogP) is 4.05. The van der Waals surface area contributed by atoms with Gasteiger partial charge in [-0.2, -0.15) is 5.26 Å². The standard InChI is InChI=1S/C16H18ClN3/c1-11(8-12-2-3-12)20-15-9-13(10-18)4-5-14(15)19-16(20)6-7-17/h4-5,9,11-12H,2-3,6-8H2,1H3. The monoisotopic (exact) mass is 287 g/mol. The van der Waals surface area contributed by atoms with E-state index >= 15 is 0 Å². The summed E-state index contributed by atoms with van der Waals surface area (Å²) in [5.74, 6) is 2.48. The fourth-order valence-electron chi connectivity index (χ4n) is 2.91. The van der Waals surface area contributed by atoms with Crippen molar-refractivity contribution in [2.24, 2.45) is 5.92 Å². The summed E-state index contributed by atoms with van der Waals surface area (Å²) in [5.41, 5.74) is 2.72. The van der Waals surface area contributed by atoms with E-state index in [1.165, 1.54) is 19.3 Å². The number of benzene rings is 1. The third-order valence-corrected chi connectivity index (χ3v) is 4.21. The molecule has 0 radical (unpaired) electrons. The van der Waals surface area contributed by atoms with Crippen molar-refractivity contribution in [1.29, 1.82) is 5.26 Å². The summed E-state index contributed by atoms with van der Waals surface area (Å²) in [5, 5.41) is 9.09. The molecule has 4 heteroatoms. The first-order chi connectivity index (χ1) is 9.72. The second-order valence-electron chi connectivity index (χ2n) is 5.68. The van der Waals surface area contributed by atoms with E-state index in [0.717, 1.165) is 29.2 Å². The first kappa shape index (κ1) is 13.5. The Balaban J connectivity index is 2.08. The lowest BCUT2D eigenvalue weighted by Gasteiger charge is -2.17. The smallest absolute Gasteiger partial charge is 0.111 e. The highest BCUT2D eigenvalue weighted by molar-refractivity contribution is 6.17. The maximum absolute atomic E-state index is 9.09. The molecule has 0 amide bonds. The van der Waals surface area contributed by atoms with Gasteiger partial charge in [0.2, 0.25) is 0 Å². The van der Waals surface area contributed by atoms with Crippen LogP contribution in [0.1, 0.15) is 43.6 Å². The summed E-state index contributed by atoms with van der Waals surface area (Å²) in [6, 6.07) is 8.34. The van der Waals surface area contributed by atoms with E-state index in [9.17, 15) is 0 Å². The van der Waals surface area contributed by atoms with E-state index in [2.05, 4.69) is 17.6 Å². The van der Waals surface area contributed by atoms with Crippen molar-refractivity contribution in [1.82, 2.24) is 9.55 Å². The molecule has 1 aromatic carbocycles. The van der Waals surface area contributed by atoms with E-state index < -0.39 is 0 Å². The molecule has 3 nitrogen and oxygen atoms in total. The summed E-state index contributed by atoms with van der Waals surface area (Å²) < 4.78 is 2.29. The van der Waals surface area contributed by atoms with E-state index in [4.69, 9.17) is 21.8 Å². The Morgan fingerprint density at radius 3 is 2.95 bits per heavy atom. The molecule has 0 saturated heterocycles. The number of alkyl halides is 1. The average Bonchev–Trinajstić information content (AvgIpc) is 3.17. The maximum Gasteiger partial charge on any atom is 0.111 e. The summed E-state index contributed by atoms with van der Waals surface area (Å²) in [7, 11) is 0. The number of hydrogen-bond donors (Lipinski definition) is 0. The molecule has 1 unspecified atom stereocenters. The molecular weight excluding hydrogens is 270 g/mol. The normalized spacial score (nSPS) is 16.2. The average molecular weight is 288 g/mol. The molecule has 0 aliphatic heterocycles. The van der Waals surface area contributed by atoms with Gasteiger partial charge < -0.3 is 4.57 Å². The number of halogens is 1. The molecule has 20 heavy (non-hydrogen) atoms. The number of rotatable bonds is 5. The minimum Gasteiger partial charge on any atom is -0.325 e. The topological polar surface area (TPSA) is 41.6 Å². The Hall–Kier alpha value is -1.53. The van der Waals surface area contributed by atoms with Crippen LogP contribution in [-0.4, -0.2) is 15.4 Å². The zero-order chi connectivity index (χ0) is 14.1. The zero-order valence-corrected chi connectivity index (χ0v) is 12.4. The highest BCUT2D eigenvalue weighted by Crippen LogP contribution is 2.38. The summed E-state index contributed by atoms with van der Waals surface area (Å²) in [6.07, 6.45) is 4.67. The van der Waals surface area contributed by atoms with Crippen LogP contribution in [0.25, 0.3) is 11.0 Å². The molecule has 1 aliphatic rings. The van der Waals surface area contributed by atoms with Crippen molar-refractivity contribution in [3.8, 4) is 6.07 Å². The molecule has 2 aromatic rings. The van der Waals surface area contributed by atoms with Crippen LogP contribution in [0.5, 0.6) is 0 Å². The van der Waals surface area contributed by atoms with Crippen molar-refractivity contribution in [3.63, 3.8) is 0 Å². The number of hydrogen-bond acceptors (Lipinski definition) is 2. The van der Waals surface area contributed by atoms with Crippen LogP contribution in [0.2, 0.25) is 0 Å². The summed E-state index contributed by atoms with van der Waals surface area (Å²) in [4.78, 5) is 4.70. The van der Waals surface area contributed by atoms with Crippen molar-refractivity contribution < 1.29 is 0 Å². The molecule has 1 heterocycles. The van der Waals surface area contributed by atoms with Crippen molar-refractivity contribution in [2.45, 2.75) is 38.6 Å². The largest absolute Gasteiger partial charge is 0.325 e. The van der Waals surface area contributed by atoms with Gasteiger partial charge in [0.25, 0.3) is 0 Å².